The van der Waals surface area contributed by atoms with E-state index in [4.69, 9.17) is 17.3 Å². The van der Waals surface area contributed by atoms with Gasteiger partial charge in [-0.05, 0) is 30.9 Å². The predicted octanol–water partition coefficient (Wildman–Crippen LogP) is 3.18. The molecular formula is C14H19ClN2O. The van der Waals surface area contributed by atoms with Crippen LogP contribution in [0.4, 0.5) is 5.69 Å². The SMILES string of the molecule is CCC1CCN(C(=O)c2cccc(Cl)c2N)CC1. The second kappa shape index (κ2) is 5.61. The van der Waals surface area contributed by atoms with Gasteiger partial charge < -0.3 is 10.6 Å². The average Bonchev–Trinajstić information content (AvgIpc) is 2.41. The van der Waals surface area contributed by atoms with Crippen LogP contribution in [-0.4, -0.2) is 23.9 Å². The molecule has 0 aromatic heterocycles. The van der Waals surface area contributed by atoms with E-state index in [2.05, 4.69) is 6.92 Å². The number of nitrogens with zero attached hydrogens (tertiary/aromatic N) is 1. The average molecular weight is 267 g/mol. The van der Waals surface area contributed by atoms with Gasteiger partial charge in [0.25, 0.3) is 5.91 Å². The number of nitrogen functional groups attached to an aromatic ring is 1. The van der Waals surface area contributed by atoms with Gasteiger partial charge in [-0.3, -0.25) is 4.79 Å². The number of rotatable bonds is 2. The molecule has 1 saturated heterocycles. The topological polar surface area (TPSA) is 46.3 Å². The third-order valence-electron chi connectivity index (χ3n) is 3.76. The molecule has 1 aromatic carbocycles. The van der Waals surface area contributed by atoms with Crippen LogP contribution in [0.1, 0.15) is 36.5 Å². The van der Waals surface area contributed by atoms with Crippen molar-refractivity contribution >= 4 is 23.2 Å². The Morgan fingerprint density at radius 3 is 2.72 bits per heavy atom. The maximum absolute atomic E-state index is 12.4. The predicted molar refractivity (Wildman–Crippen MR) is 74.8 cm³/mol. The second-order valence-corrected chi connectivity index (χ2v) is 5.25. The number of hydrogen-bond donors (Lipinski definition) is 1. The first kappa shape index (κ1) is 13.2. The third-order valence-corrected chi connectivity index (χ3v) is 4.09. The van der Waals surface area contributed by atoms with Crippen LogP contribution in [0.3, 0.4) is 0 Å². The molecule has 0 aliphatic carbocycles. The van der Waals surface area contributed by atoms with E-state index < -0.39 is 0 Å². The van der Waals surface area contributed by atoms with Crippen molar-refractivity contribution in [2.75, 3.05) is 18.8 Å². The highest BCUT2D eigenvalue weighted by Gasteiger charge is 2.24. The molecule has 1 fully saturated rings. The van der Waals surface area contributed by atoms with Crippen LogP contribution >= 0.6 is 11.6 Å². The van der Waals surface area contributed by atoms with E-state index in [1.165, 1.54) is 6.42 Å². The van der Waals surface area contributed by atoms with Crippen LogP contribution in [0, 0.1) is 5.92 Å². The summed E-state index contributed by atoms with van der Waals surface area (Å²) in [5, 5.41) is 0.448. The molecule has 1 aromatic rings. The Morgan fingerprint density at radius 1 is 1.44 bits per heavy atom. The van der Waals surface area contributed by atoms with Gasteiger partial charge >= 0.3 is 0 Å². The lowest BCUT2D eigenvalue weighted by molar-refractivity contribution is 0.0690. The number of anilines is 1. The number of halogens is 1. The van der Waals surface area contributed by atoms with Crippen LogP contribution in [0.2, 0.25) is 5.02 Å². The van der Waals surface area contributed by atoms with Crippen molar-refractivity contribution < 1.29 is 4.79 Å². The number of carbonyl (C=O) groups is 1. The van der Waals surface area contributed by atoms with Crippen molar-refractivity contribution in [1.29, 1.82) is 0 Å². The molecule has 2 rings (SSSR count). The Hall–Kier alpha value is -1.22. The number of likely N-dealkylation sites (tertiary alicyclic amines) is 1. The highest BCUT2D eigenvalue weighted by molar-refractivity contribution is 6.33. The van der Waals surface area contributed by atoms with Crippen molar-refractivity contribution in [2.24, 2.45) is 5.92 Å². The minimum atomic E-state index is 0.00422. The van der Waals surface area contributed by atoms with Gasteiger partial charge in [0.2, 0.25) is 0 Å². The molecule has 4 heteroatoms. The quantitative estimate of drug-likeness (QED) is 0.836. The van der Waals surface area contributed by atoms with Crippen LogP contribution in [0.25, 0.3) is 0 Å². The van der Waals surface area contributed by atoms with Crippen molar-refractivity contribution in [1.82, 2.24) is 4.90 Å². The van der Waals surface area contributed by atoms with Gasteiger partial charge in [0.1, 0.15) is 0 Å². The second-order valence-electron chi connectivity index (χ2n) is 4.84. The zero-order valence-corrected chi connectivity index (χ0v) is 11.4. The summed E-state index contributed by atoms with van der Waals surface area (Å²) in [5.74, 6) is 0.760. The summed E-state index contributed by atoms with van der Waals surface area (Å²) in [5.41, 5.74) is 6.78. The number of para-hydroxylation sites is 1. The maximum atomic E-state index is 12.4. The van der Waals surface area contributed by atoms with E-state index in [1.807, 2.05) is 4.90 Å². The number of benzene rings is 1. The lowest BCUT2D eigenvalue weighted by atomic mass is 9.94. The molecule has 1 aliphatic rings. The summed E-state index contributed by atoms with van der Waals surface area (Å²) in [4.78, 5) is 14.2. The number of hydrogen-bond acceptors (Lipinski definition) is 2. The molecule has 0 spiro atoms. The highest BCUT2D eigenvalue weighted by Crippen LogP contribution is 2.26. The van der Waals surface area contributed by atoms with Gasteiger partial charge in [-0.25, -0.2) is 0 Å². The fourth-order valence-electron chi connectivity index (χ4n) is 2.44. The Labute approximate surface area is 113 Å². The van der Waals surface area contributed by atoms with Gasteiger partial charge in [0, 0.05) is 13.1 Å². The van der Waals surface area contributed by atoms with Gasteiger partial charge in [-0.1, -0.05) is 31.0 Å². The number of amides is 1. The summed E-state index contributed by atoms with van der Waals surface area (Å²) in [6.45, 7) is 3.85. The van der Waals surface area contributed by atoms with Crippen molar-refractivity contribution in [3.05, 3.63) is 28.8 Å². The zero-order valence-electron chi connectivity index (χ0n) is 10.7. The molecule has 1 heterocycles. The molecule has 0 bridgehead atoms. The van der Waals surface area contributed by atoms with Gasteiger partial charge in [-0.2, -0.15) is 0 Å². The smallest absolute Gasteiger partial charge is 0.255 e. The lowest BCUT2D eigenvalue weighted by Gasteiger charge is -2.31. The normalized spacial score (nSPS) is 16.9. The van der Waals surface area contributed by atoms with Gasteiger partial charge in [-0.15, -0.1) is 0 Å². The van der Waals surface area contributed by atoms with E-state index in [0.717, 1.165) is 31.8 Å². The van der Waals surface area contributed by atoms with Crippen LogP contribution in [0.15, 0.2) is 18.2 Å². The fraction of sp³-hybridized carbons (Fsp3) is 0.500. The van der Waals surface area contributed by atoms with E-state index in [9.17, 15) is 4.79 Å². The van der Waals surface area contributed by atoms with Crippen LogP contribution in [0.5, 0.6) is 0 Å². The summed E-state index contributed by atoms with van der Waals surface area (Å²) in [7, 11) is 0. The first-order valence-electron chi connectivity index (χ1n) is 6.46. The van der Waals surface area contributed by atoms with Crippen LogP contribution in [-0.2, 0) is 0 Å². The molecule has 3 nitrogen and oxygen atoms in total. The molecule has 1 aliphatic heterocycles. The molecule has 98 valence electrons. The molecule has 0 unspecified atom stereocenters. The monoisotopic (exact) mass is 266 g/mol. The standard InChI is InChI=1S/C14H19ClN2O/c1-2-10-6-8-17(9-7-10)14(18)11-4-3-5-12(15)13(11)16/h3-5,10H,2,6-9,16H2,1H3. The van der Waals surface area contributed by atoms with Crippen molar-refractivity contribution in [2.45, 2.75) is 26.2 Å². The zero-order chi connectivity index (χ0) is 13.1. The molecule has 2 N–H and O–H groups in total. The highest BCUT2D eigenvalue weighted by atomic mass is 35.5. The number of piperidine rings is 1. The molecule has 0 atom stereocenters. The lowest BCUT2D eigenvalue weighted by Crippen LogP contribution is -2.38. The van der Waals surface area contributed by atoms with Crippen molar-refractivity contribution in [3.8, 4) is 0 Å². The Balaban J connectivity index is 2.10. The molecule has 1 amide bonds. The number of nitrogens with two attached hydrogens (primary N) is 1. The van der Waals surface area contributed by atoms with E-state index in [-0.39, 0.29) is 5.91 Å². The Morgan fingerprint density at radius 2 is 2.11 bits per heavy atom. The molecule has 0 saturated carbocycles. The Kier molecular flexibility index (Phi) is 4.12. The number of carbonyl (C=O) groups excluding carboxylic acids is 1. The largest absolute Gasteiger partial charge is 0.397 e. The molecular weight excluding hydrogens is 248 g/mol. The van der Waals surface area contributed by atoms with E-state index >= 15 is 0 Å². The van der Waals surface area contributed by atoms with Gasteiger partial charge in [0.15, 0.2) is 0 Å². The first-order chi connectivity index (χ1) is 8.63. The maximum Gasteiger partial charge on any atom is 0.255 e. The van der Waals surface area contributed by atoms with E-state index in [1.54, 1.807) is 18.2 Å². The van der Waals surface area contributed by atoms with Crippen molar-refractivity contribution in [3.63, 3.8) is 0 Å². The Bertz CT molecular complexity index is 439. The fourth-order valence-corrected chi connectivity index (χ4v) is 2.61. The molecule has 0 radical (unpaired) electrons. The third kappa shape index (κ3) is 2.61. The first-order valence-corrected chi connectivity index (χ1v) is 6.84. The van der Waals surface area contributed by atoms with E-state index in [0.29, 0.717) is 16.3 Å². The summed E-state index contributed by atoms with van der Waals surface area (Å²) >= 11 is 5.95. The summed E-state index contributed by atoms with van der Waals surface area (Å²) in [6.07, 6.45) is 3.37. The molecule has 18 heavy (non-hydrogen) atoms. The summed E-state index contributed by atoms with van der Waals surface area (Å²) < 4.78 is 0. The summed E-state index contributed by atoms with van der Waals surface area (Å²) in [6, 6.07) is 5.22. The van der Waals surface area contributed by atoms with Gasteiger partial charge in [0.05, 0.1) is 16.3 Å². The van der Waals surface area contributed by atoms with Crippen LogP contribution < -0.4 is 5.73 Å². The minimum absolute atomic E-state index is 0.00422. The minimum Gasteiger partial charge on any atom is -0.397 e.